The fourth-order valence-corrected chi connectivity index (χ4v) is 3.06. The molecule has 9 nitrogen and oxygen atoms in total. The molecule has 0 aromatic carbocycles. The molecule has 0 unspecified atom stereocenters. The van der Waals surface area contributed by atoms with Crippen molar-refractivity contribution in [3.63, 3.8) is 0 Å². The van der Waals surface area contributed by atoms with Crippen LogP contribution in [0.5, 0.6) is 0 Å². The Morgan fingerprint density at radius 2 is 2.04 bits per heavy atom. The SMILES string of the molecule is O=C(NCC(CO)CO)c1ccc(-c2cc(=O)[nH]n2C2CCNCC2)o1. The molecule has 0 spiro atoms. The number of amides is 1. The van der Waals surface area contributed by atoms with Crippen LogP contribution < -0.4 is 16.2 Å². The minimum absolute atomic E-state index is 0.111. The van der Waals surface area contributed by atoms with Crippen molar-refractivity contribution in [1.82, 2.24) is 20.4 Å². The van der Waals surface area contributed by atoms with Crippen molar-refractivity contribution in [2.24, 2.45) is 5.92 Å². The van der Waals surface area contributed by atoms with Gasteiger partial charge >= 0.3 is 0 Å². The Hall–Kier alpha value is -2.36. The normalized spacial score (nSPS) is 15.5. The largest absolute Gasteiger partial charge is 0.449 e. The number of furan rings is 1. The van der Waals surface area contributed by atoms with E-state index in [9.17, 15) is 9.59 Å². The number of carbonyl (C=O) groups is 1. The van der Waals surface area contributed by atoms with Crippen LogP contribution in [-0.2, 0) is 0 Å². The number of nitrogens with zero attached hydrogens (tertiary/aromatic N) is 1. The monoisotopic (exact) mass is 364 g/mol. The summed E-state index contributed by atoms with van der Waals surface area (Å²) in [5, 5.41) is 26.8. The van der Waals surface area contributed by atoms with Gasteiger partial charge in [0.25, 0.3) is 11.5 Å². The van der Waals surface area contributed by atoms with Crippen molar-refractivity contribution in [3.8, 4) is 11.5 Å². The lowest BCUT2D eigenvalue weighted by molar-refractivity contribution is 0.0895. The zero-order valence-electron chi connectivity index (χ0n) is 14.4. The number of nitrogens with one attached hydrogen (secondary N) is 3. The summed E-state index contributed by atoms with van der Waals surface area (Å²) >= 11 is 0. The van der Waals surface area contributed by atoms with Crippen molar-refractivity contribution in [3.05, 3.63) is 34.3 Å². The first-order valence-electron chi connectivity index (χ1n) is 8.74. The summed E-state index contributed by atoms with van der Waals surface area (Å²) in [6.45, 7) is 1.48. The second kappa shape index (κ2) is 8.35. The molecule has 2 aromatic heterocycles. The average Bonchev–Trinajstić information content (AvgIpc) is 3.30. The van der Waals surface area contributed by atoms with Crippen LogP contribution in [0.4, 0.5) is 0 Å². The first kappa shape index (κ1) is 18.4. The molecule has 0 aliphatic carbocycles. The third-order valence-electron chi connectivity index (χ3n) is 4.58. The molecule has 2 aromatic rings. The number of aliphatic hydroxyl groups is 2. The average molecular weight is 364 g/mol. The molecule has 1 fully saturated rings. The Balaban J connectivity index is 1.75. The van der Waals surface area contributed by atoms with Gasteiger partial charge in [0.1, 0.15) is 5.69 Å². The van der Waals surface area contributed by atoms with Crippen LogP contribution in [0, 0.1) is 5.92 Å². The number of carbonyl (C=O) groups excluding carboxylic acids is 1. The molecule has 26 heavy (non-hydrogen) atoms. The number of rotatable bonds is 7. The van der Waals surface area contributed by atoms with Gasteiger partial charge in [-0.25, -0.2) is 0 Å². The lowest BCUT2D eigenvalue weighted by Gasteiger charge is -2.24. The van der Waals surface area contributed by atoms with Crippen LogP contribution >= 0.6 is 0 Å². The maximum atomic E-state index is 12.2. The van der Waals surface area contributed by atoms with E-state index in [0.717, 1.165) is 25.9 Å². The summed E-state index contributed by atoms with van der Waals surface area (Å²) in [4.78, 5) is 24.0. The molecule has 3 heterocycles. The van der Waals surface area contributed by atoms with E-state index in [1.165, 1.54) is 6.07 Å². The van der Waals surface area contributed by atoms with E-state index in [4.69, 9.17) is 14.6 Å². The Morgan fingerprint density at radius 1 is 1.31 bits per heavy atom. The minimum Gasteiger partial charge on any atom is -0.449 e. The maximum Gasteiger partial charge on any atom is 0.287 e. The van der Waals surface area contributed by atoms with Crippen LogP contribution in [0.1, 0.15) is 29.4 Å². The highest BCUT2D eigenvalue weighted by molar-refractivity contribution is 5.92. The maximum absolute atomic E-state index is 12.2. The van der Waals surface area contributed by atoms with Crippen molar-refractivity contribution in [2.45, 2.75) is 18.9 Å². The van der Waals surface area contributed by atoms with Gasteiger partial charge < -0.3 is 25.3 Å². The number of hydrogen-bond acceptors (Lipinski definition) is 6. The predicted octanol–water partition coefficient (Wildman–Crippen LogP) is -0.308. The minimum atomic E-state index is -0.436. The zero-order valence-corrected chi connectivity index (χ0v) is 14.4. The molecule has 1 saturated heterocycles. The van der Waals surface area contributed by atoms with Crippen LogP contribution in [0.2, 0.25) is 0 Å². The zero-order chi connectivity index (χ0) is 18.5. The first-order chi connectivity index (χ1) is 12.6. The lowest BCUT2D eigenvalue weighted by atomic mass is 10.1. The summed E-state index contributed by atoms with van der Waals surface area (Å²) in [6.07, 6.45) is 1.80. The van der Waals surface area contributed by atoms with Gasteiger partial charge in [0.15, 0.2) is 11.5 Å². The molecular weight excluding hydrogens is 340 g/mol. The van der Waals surface area contributed by atoms with Crippen LogP contribution in [-0.4, -0.2) is 58.7 Å². The van der Waals surface area contributed by atoms with Gasteiger partial charge in [0, 0.05) is 31.7 Å². The highest BCUT2D eigenvalue weighted by Crippen LogP contribution is 2.27. The summed E-state index contributed by atoms with van der Waals surface area (Å²) in [5.41, 5.74) is 0.402. The fourth-order valence-electron chi connectivity index (χ4n) is 3.06. The van der Waals surface area contributed by atoms with Gasteiger partial charge in [0.2, 0.25) is 0 Å². The van der Waals surface area contributed by atoms with Gasteiger partial charge in [-0.2, -0.15) is 0 Å². The molecule has 1 aliphatic heterocycles. The van der Waals surface area contributed by atoms with Crippen molar-refractivity contribution < 1.29 is 19.4 Å². The smallest absolute Gasteiger partial charge is 0.287 e. The molecule has 1 amide bonds. The van der Waals surface area contributed by atoms with E-state index in [2.05, 4.69) is 15.7 Å². The lowest BCUT2D eigenvalue weighted by Crippen LogP contribution is -2.32. The van der Waals surface area contributed by atoms with Gasteiger partial charge in [-0.1, -0.05) is 0 Å². The second-order valence-electron chi connectivity index (χ2n) is 6.46. The summed E-state index contributed by atoms with van der Waals surface area (Å²) in [6, 6.07) is 4.84. The number of aromatic amines is 1. The Kier molecular flexibility index (Phi) is 5.92. The predicted molar refractivity (Wildman–Crippen MR) is 93.9 cm³/mol. The van der Waals surface area contributed by atoms with Crippen LogP contribution in [0.3, 0.4) is 0 Å². The summed E-state index contributed by atoms with van der Waals surface area (Å²) < 4.78 is 7.46. The fraction of sp³-hybridized carbons (Fsp3) is 0.529. The van der Waals surface area contributed by atoms with E-state index in [0.29, 0.717) is 11.5 Å². The quantitative estimate of drug-likeness (QED) is 0.458. The van der Waals surface area contributed by atoms with Gasteiger partial charge in [-0.15, -0.1) is 0 Å². The molecule has 5 N–H and O–H groups in total. The third kappa shape index (κ3) is 4.06. The molecule has 3 rings (SSSR count). The first-order valence-corrected chi connectivity index (χ1v) is 8.74. The molecule has 0 bridgehead atoms. The summed E-state index contributed by atoms with van der Waals surface area (Å²) in [7, 11) is 0. The van der Waals surface area contributed by atoms with E-state index >= 15 is 0 Å². The van der Waals surface area contributed by atoms with Gasteiger partial charge in [-0.05, 0) is 38.1 Å². The van der Waals surface area contributed by atoms with E-state index in [-0.39, 0.29) is 37.1 Å². The summed E-state index contributed by atoms with van der Waals surface area (Å²) in [5.74, 6) is -0.300. The Morgan fingerprint density at radius 3 is 2.73 bits per heavy atom. The third-order valence-corrected chi connectivity index (χ3v) is 4.58. The molecular formula is C17H24N4O5. The number of aliphatic hydroxyl groups excluding tert-OH is 2. The van der Waals surface area contributed by atoms with Gasteiger partial charge in [0.05, 0.1) is 6.04 Å². The number of piperidine rings is 1. The highest BCUT2D eigenvalue weighted by Gasteiger charge is 2.22. The Bertz CT molecular complexity index is 783. The van der Waals surface area contributed by atoms with E-state index in [1.807, 2.05) is 4.68 Å². The molecule has 9 heteroatoms. The highest BCUT2D eigenvalue weighted by atomic mass is 16.4. The number of aromatic nitrogens is 2. The van der Waals surface area contributed by atoms with Crippen molar-refractivity contribution >= 4 is 5.91 Å². The van der Waals surface area contributed by atoms with E-state index in [1.54, 1.807) is 12.1 Å². The molecule has 1 aliphatic rings. The molecule has 0 saturated carbocycles. The van der Waals surface area contributed by atoms with Gasteiger partial charge in [-0.3, -0.25) is 19.4 Å². The van der Waals surface area contributed by atoms with Crippen LogP contribution in [0.15, 0.2) is 27.4 Å². The standard InChI is InChI=1S/C17H24N4O5/c22-9-11(10-23)8-19-17(25)15-2-1-14(26-15)13-7-16(24)20-21(13)12-3-5-18-6-4-12/h1-2,7,11-12,18,22-23H,3-6,8-10H2,(H,19,25)(H,20,24). The van der Waals surface area contributed by atoms with Crippen molar-refractivity contribution in [2.75, 3.05) is 32.8 Å². The molecule has 0 atom stereocenters. The van der Waals surface area contributed by atoms with Crippen molar-refractivity contribution in [1.29, 1.82) is 0 Å². The molecule has 142 valence electrons. The Labute approximate surface area is 150 Å². The number of hydrogen-bond donors (Lipinski definition) is 5. The second-order valence-corrected chi connectivity index (χ2v) is 6.46. The van der Waals surface area contributed by atoms with Crippen LogP contribution in [0.25, 0.3) is 11.5 Å². The van der Waals surface area contributed by atoms with E-state index < -0.39 is 11.8 Å². The molecule has 0 radical (unpaired) electrons. The number of H-pyrrole nitrogens is 1. The topological polar surface area (TPSA) is 133 Å².